The average Bonchev–Trinajstić information content (AvgIpc) is 2.52. The van der Waals surface area contributed by atoms with Gasteiger partial charge in [0.1, 0.15) is 17.6 Å². The van der Waals surface area contributed by atoms with Crippen molar-refractivity contribution in [1.29, 1.82) is 5.26 Å². The molecule has 5 heteroatoms. The van der Waals surface area contributed by atoms with Gasteiger partial charge in [0.25, 0.3) is 0 Å². The molecule has 0 aliphatic heterocycles. The Morgan fingerprint density at radius 1 is 1.38 bits per heavy atom. The lowest BCUT2D eigenvalue weighted by atomic mass is 10.1. The van der Waals surface area contributed by atoms with E-state index in [1.165, 1.54) is 19.4 Å². The molecule has 0 atom stereocenters. The van der Waals surface area contributed by atoms with Gasteiger partial charge in [-0.2, -0.15) is 5.26 Å². The topological polar surface area (TPSA) is 63.0 Å². The van der Waals surface area contributed by atoms with Crippen molar-refractivity contribution in [2.75, 3.05) is 7.11 Å². The SMILES string of the molecule is COc1ccc(C=CC(=O)c2cncc(F)c2)cc1C#N. The number of hydrogen-bond donors (Lipinski definition) is 0. The minimum Gasteiger partial charge on any atom is -0.495 e. The second-order valence-electron chi connectivity index (χ2n) is 4.16. The number of hydrogen-bond acceptors (Lipinski definition) is 4. The third-order valence-corrected chi connectivity index (χ3v) is 2.76. The number of rotatable bonds is 4. The van der Waals surface area contributed by atoms with E-state index < -0.39 is 5.82 Å². The normalized spacial score (nSPS) is 10.3. The van der Waals surface area contributed by atoms with E-state index in [9.17, 15) is 9.18 Å². The summed E-state index contributed by atoms with van der Waals surface area (Å²) in [5, 5.41) is 8.99. The first kappa shape index (κ1) is 14.4. The predicted octanol–water partition coefficient (Wildman–Crippen LogP) is 3.00. The molecule has 0 bridgehead atoms. The molecule has 1 aromatic carbocycles. The van der Waals surface area contributed by atoms with Crippen LogP contribution in [0.5, 0.6) is 5.75 Å². The van der Waals surface area contributed by atoms with Gasteiger partial charge >= 0.3 is 0 Å². The number of halogens is 1. The summed E-state index contributed by atoms with van der Waals surface area (Å²) in [5.74, 6) is -0.461. The van der Waals surface area contributed by atoms with Crippen LogP contribution in [0.1, 0.15) is 21.5 Å². The predicted molar refractivity (Wildman–Crippen MR) is 75.3 cm³/mol. The number of nitrogens with zero attached hydrogens (tertiary/aromatic N) is 2. The van der Waals surface area contributed by atoms with Gasteiger partial charge in [-0.05, 0) is 29.8 Å². The monoisotopic (exact) mass is 282 g/mol. The summed E-state index contributed by atoms with van der Waals surface area (Å²) in [6.45, 7) is 0. The van der Waals surface area contributed by atoms with Gasteiger partial charge in [-0.1, -0.05) is 12.1 Å². The molecule has 2 rings (SSSR count). The van der Waals surface area contributed by atoms with Crippen LogP contribution >= 0.6 is 0 Å². The number of methoxy groups -OCH3 is 1. The summed E-state index contributed by atoms with van der Waals surface area (Å²) in [6.07, 6.45) is 5.18. The molecular formula is C16H11FN2O2. The third-order valence-electron chi connectivity index (χ3n) is 2.76. The Labute approximate surface area is 121 Å². The highest BCUT2D eigenvalue weighted by Crippen LogP contribution is 2.19. The average molecular weight is 282 g/mol. The molecule has 1 heterocycles. The zero-order chi connectivity index (χ0) is 15.2. The molecule has 2 aromatic rings. The van der Waals surface area contributed by atoms with E-state index in [2.05, 4.69) is 4.98 Å². The fraction of sp³-hybridized carbons (Fsp3) is 0.0625. The first-order valence-corrected chi connectivity index (χ1v) is 6.05. The minimum absolute atomic E-state index is 0.167. The van der Waals surface area contributed by atoms with Gasteiger partial charge in [0.05, 0.1) is 18.9 Å². The number of ketones is 1. The molecule has 4 nitrogen and oxygen atoms in total. The Bertz CT molecular complexity index is 748. The molecule has 0 saturated carbocycles. The molecule has 104 valence electrons. The van der Waals surface area contributed by atoms with E-state index in [-0.39, 0.29) is 11.3 Å². The lowest BCUT2D eigenvalue weighted by Gasteiger charge is -2.02. The number of aromatic nitrogens is 1. The van der Waals surface area contributed by atoms with Crippen LogP contribution in [0.2, 0.25) is 0 Å². The molecular weight excluding hydrogens is 271 g/mol. The zero-order valence-corrected chi connectivity index (χ0v) is 11.2. The van der Waals surface area contributed by atoms with Crippen LogP contribution in [0, 0.1) is 17.1 Å². The minimum atomic E-state index is -0.564. The number of ether oxygens (including phenoxy) is 1. The van der Waals surface area contributed by atoms with E-state index in [4.69, 9.17) is 10.00 Å². The molecule has 0 aliphatic carbocycles. The summed E-state index contributed by atoms with van der Waals surface area (Å²) in [5.41, 5.74) is 1.21. The summed E-state index contributed by atoms with van der Waals surface area (Å²) in [4.78, 5) is 15.5. The summed E-state index contributed by atoms with van der Waals surface area (Å²) < 4.78 is 18.0. The van der Waals surface area contributed by atoms with Crippen LogP contribution in [0.4, 0.5) is 4.39 Å². The summed E-state index contributed by atoms with van der Waals surface area (Å²) in [6, 6.07) is 8.09. The van der Waals surface area contributed by atoms with Crippen molar-refractivity contribution in [3.63, 3.8) is 0 Å². The van der Waals surface area contributed by atoms with Crippen molar-refractivity contribution in [2.45, 2.75) is 0 Å². The smallest absolute Gasteiger partial charge is 0.187 e. The Morgan fingerprint density at radius 2 is 2.19 bits per heavy atom. The second kappa shape index (κ2) is 6.44. The molecule has 0 amide bonds. The van der Waals surface area contributed by atoms with Gasteiger partial charge in [-0.15, -0.1) is 0 Å². The molecule has 0 N–H and O–H groups in total. The Morgan fingerprint density at radius 3 is 2.86 bits per heavy atom. The number of allylic oxidation sites excluding steroid dienone is 1. The highest BCUT2D eigenvalue weighted by molar-refractivity contribution is 6.06. The van der Waals surface area contributed by atoms with E-state index >= 15 is 0 Å². The molecule has 0 aliphatic rings. The first-order chi connectivity index (χ1) is 10.1. The van der Waals surface area contributed by atoms with Gasteiger partial charge in [-0.3, -0.25) is 9.78 Å². The maximum atomic E-state index is 13.0. The maximum Gasteiger partial charge on any atom is 0.187 e. The number of pyridine rings is 1. The molecule has 0 spiro atoms. The van der Waals surface area contributed by atoms with E-state index in [1.54, 1.807) is 24.3 Å². The van der Waals surface area contributed by atoms with Crippen molar-refractivity contribution in [1.82, 2.24) is 4.98 Å². The first-order valence-electron chi connectivity index (χ1n) is 6.05. The fourth-order valence-corrected chi connectivity index (χ4v) is 1.73. The zero-order valence-electron chi connectivity index (χ0n) is 11.2. The molecule has 21 heavy (non-hydrogen) atoms. The van der Waals surface area contributed by atoms with Crippen molar-refractivity contribution < 1.29 is 13.9 Å². The van der Waals surface area contributed by atoms with E-state index in [1.807, 2.05) is 6.07 Å². The lowest BCUT2D eigenvalue weighted by Crippen LogP contribution is -1.96. The molecule has 0 unspecified atom stereocenters. The van der Waals surface area contributed by atoms with Crippen LogP contribution < -0.4 is 4.74 Å². The highest BCUT2D eigenvalue weighted by atomic mass is 19.1. The van der Waals surface area contributed by atoms with Crippen LogP contribution in [-0.2, 0) is 0 Å². The largest absolute Gasteiger partial charge is 0.495 e. The maximum absolute atomic E-state index is 13.0. The summed E-state index contributed by atoms with van der Waals surface area (Å²) >= 11 is 0. The number of nitriles is 1. The van der Waals surface area contributed by atoms with Crippen molar-refractivity contribution in [2.24, 2.45) is 0 Å². The van der Waals surface area contributed by atoms with Gasteiger partial charge < -0.3 is 4.74 Å². The molecule has 0 fully saturated rings. The van der Waals surface area contributed by atoms with Crippen molar-refractivity contribution in [3.8, 4) is 11.8 Å². The second-order valence-corrected chi connectivity index (χ2v) is 4.16. The Balaban J connectivity index is 2.22. The van der Waals surface area contributed by atoms with Gasteiger partial charge in [-0.25, -0.2) is 4.39 Å². The van der Waals surface area contributed by atoms with Crippen molar-refractivity contribution in [3.05, 3.63) is 65.2 Å². The van der Waals surface area contributed by atoms with Crippen LogP contribution in [0.15, 0.2) is 42.7 Å². The third kappa shape index (κ3) is 3.51. The van der Waals surface area contributed by atoms with Gasteiger partial charge in [0.15, 0.2) is 5.78 Å². The van der Waals surface area contributed by atoms with E-state index in [0.717, 1.165) is 12.3 Å². The van der Waals surface area contributed by atoms with Gasteiger partial charge in [0, 0.05) is 11.8 Å². The molecule has 0 radical (unpaired) electrons. The molecule has 0 saturated heterocycles. The summed E-state index contributed by atoms with van der Waals surface area (Å²) in [7, 11) is 1.48. The van der Waals surface area contributed by atoms with Gasteiger partial charge in [0.2, 0.25) is 0 Å². The van der Waals surface area contributed by atoms with Crippen LogP contribution in [0.3, 0.4) is 0 Å². The van der Waals surface area contributed by atoms with Crippen LogP contribution in [0.25, 0.3) is 6.08 Å². The van der Waals surface area contributed by atoms with Crippen molar-refractivity contribution >= 4 is 11.9 Å². The van der Waals surface area contributed by atoms with Crippen LogP contribution in [-0.4, -0.2) is 17.9 Å². The lowest BCUT2D eigenvalue weighted by molar-refractivity contribution is 0.104. The Kier molecular flexibility index (Phi) is 4.42. The number of carbonyl (C=O) groups excluding carboxylic acids is 1. The molecule has 1 aromatic heterocycles. The quantitative estimate of drug-likeness (QED) is 0.638. The van der Waals surface area contributed by atoms with E-state index in [0.29, 0.717) is 16.9 Å². The number of carbonyl (C=O) groups is 1. The number of benzene rings is 1. The standard InChI is InChI=1S/C16H11FN2O2/c1-21-16-5-3-11(6-12(16)8-18)2-4-15(20)13-7-14(17)10-19-9-13/h2-7,9-10H,1H3. The highest BCUT2D eigenvalue weighted by Gasteiger charge is 2.05. The Hall–Kier alpha value is -3.00. The fourth-order valence-electron chi connectivity index (χ4n) is 1.73.